The molecule has 1 fully saturated rings. The zero-order valence-electron chi connectivity index (χ0n) is 17.0. The summed E-state index contributed by atoms with van der Waals surface area (Å²) in [5, 5.41) is 2.80. The lowest BCUT2D eigenvalue weighted by molar-refractivity contribution is -0.121. The SMILES string of the molecule is CCc1ccc(CN2CCCC(CCC(=O)NCc3ccc(F)c(F)c3)C2)nc1. The molecule has 2 heterocycles. The summed E-state index contributed by atoms with van der Waals surface area (Å²) in [4.78, 5) is 19.1. The van der Waals surface area contributed by atoms with Crippen LogP contribution in [0.15, 0.2) is 36.5 Å². The monoisotopic (exact) mass is 401 g/mol. The lowest BCUT2D eigenvalue weighted by atomic mass is 9.93. The van der Waals surface area contributed by atoms with Crippen molar-refractivity contribution in [3.05, 3.63) is 65.0 Å². The Kier molecular flexibility index (Phi) is 7.69. The Bertz CT molecular complexity index is 810. The molecule has 6 heteroatoms. The molecule has 0 saturated carbocycles. The second-order valence-electron chi connectivity index (χ2n) is 7.82. The van der Waals surface area contributed by atoms with Gasteiger partial charge >= 0.3 is 0 Å². The van der Waals surface area contributed by atoms with Crippen molar-refractivity contribution >= 4 is 5.91 Å². The topological polar surface area (TPSA) is 45.2 Å². The van der Waals surface area contributed by atoms with Crippen molar-refractivity contribution in [3.8, 4) is 0 Å². The van der Waals surface area contributed by atoms with E-state index in [-0.39, 0.29) is 12.5 Å². The molecule has 3 rings (SSSR count). The van der Waals surface area contributed by atoms with Gasteiger partial charge in [-0.05, 0) is 67.5 Å². The predicted molar refractivity (Wildman–Crippen MR) is 109 cm³/mol. The third kappa shape index (κ3) is 6.60. The summed E-state index contributed by atoms with van der Waals surface area (Å²) in [7, 11) is 0. The highest BCUT2D eigenvalue weighted by Gasteiger charge is 2.21. The standard InChI is InChI=1S/C23H29F2N3O/c1-2-17-5-8-20(26-13-17)16-28-11-3-4-18(15-28)7-10-23(29)27-14-19-6-9-21(24)22(25)12-19/h5-6,8-9,12-13,18H,2-4,7,10-11,14-16H2,1H3,(H,27,29). The smallest absolute Gasteiger partial charge is 0.220 e. The summed E-state index contributed by atoms with van der Waals surface area (Å²) in [5.74, 6) is -1.33. The van der Waals surface area contributed by atoms with Crippen LogP contribution in [-0.4, -0.2) is 28.9 Å². The van der Waals surface area contributed by atoms with Crippen LogP contribution < -0.4 is 5.32 Å². The predicted octanol–water partition coefficient (Wildman–Crippen LogP) is 4.23. The van der Waals surface area contributed by atoms with Crippen LogP contribution >= 0.6 is 0 Å². The maximum Gasteiger partial charge on any atom is 0.220 e. The third-order valence-electron chi connectivity index (χ3n) is 5.54. The van der Waals surface area contributed by atoms with Crippen molar-refractivity contribution in [1.29, 1.82) is 0 Å². The Morgan fingerprint density at radius 2 is 2.03 bits per heavy atom. The summed E-state index contributed by atoms with van der Waals surface area (Å²) >= 11 is 0. The lowest BCUT2D eigenvalue weighted by Crippen LogP contribution is -2.35. The molecule has 0 radical (unpaired) electrons. The first kappa shape index (κ1) is 21.4. The van der Waals surface area contributed by atoms with Gasteiger partial charge in [0, 0.05) is 32.3 Å². The Balaban J connectivity index is 1.40. The average Bonchev–Trinajstić information content (AvgIpc) is 2.74. The summed E-state index contributed by atoms with van der Waals surface area (Å²) in [6.45, 7) is 5.23. The fraction of sp³-hybridized carbons (Fsp3) is 0.478. The number of aryl methyl sites for hydroxylation is 1. The van der Waals surface area contributed by atoms with E-state index in [0.717, 1.165) is 63.1 Å². The number of amides is 1. The highest BCUT2D eigenvalue weighted by molar-refractivity contribution is 5.75. The molecule has 4 nitrogen and oxygen atoms in total. The molecule has 1 aliphatic rings. The molecule has 2 aromatic rings. The molecule has 1 aliphatic heterocycles. The first-order valence-electron chi connectivity index (χ1n) is 10.4. The van der Waals surface area contributed by atoms with E-state index in [1.165, 1.54) is 11.6 Å². The summed E-state index contributed by atoms with van der Waals surface area (Å²) in [5.41, 5.74) is 2.90. The molecule has 1 amide bonds. The van der Waals surface area contributed by atoms with Crippen LogP contribution in [0, 0.1) is 17.6 Å². The zero-order valence-corrected chi connectivity index (χ0v) is 17.0. The van der Waals surface area contributed by atoms with Gasteiger partial charge in [-0.1, -0.05) is 19.1 Å². The molecular formula is C23H29F2N3O. The number of nitrogens with one attached hydrogen (secondary N) is 1. The molecule has 0 spiro atoms. The van der Waals surface area contributed by atoms with Crippen molar-refractivity contribution in [2.45, 2.75) is 52.1 Å². The Morgan fingerprint density at radius 3 is 2.76 bits per heavy atom. The largest absolute Gasteiger partial charge is 0.352 e. The number of hydrogen-bond donors (Lipinski definition) is 1. The van der Waals surface area contributed by atoms with Gasteiger partial charge in [0.1, 0.15) is 0 Å². The van der Waals surface area contributed by atoms with Crippen LogP contribution in [0.1, 0.15) is 49.4 Å². The molecule has 1 aromatic heterocycles. The minimum atomic E-state index is -0.891. The van der Waals surface area contributed by atoms with Crippen LogP contribution in [0.3, 0.4) is 0 Å². The number of benzene rings is 1. The number of halogens is 2. The van der Waals surface area contributed by atoms with Crippen molar-refractivity contribution in [2.24, 2.45) is 5.92 Å². The van der Waals surface area contributed by atoms with Gasteiger partial charge < -0.3 is 5.32 Å². The molecule has 1 unspecified atom stereocenters. The van der Waals surface area contributed by atoms with Gasteiger partial charge in [0.05, 0.1) is 5.69 Å². The van der Waals surface area contributed by atoms with E-state index in [1.54, 1.807) is 0 Å². The average molecular weight is 402 g/mol. The number of rotatable bonds is 8. The van der Waals surface area contributed by atoms with Crippen molar-refractivity contribution < 1.29 is 13.6 Å². The van der Waals surface area contributed by atoms with Crippen molar-refractivity contribution in [1.82, 2.24) is 15.2 Å². The van der Waals surface area contributed by atoms with Gasteiger partial charge in [-0.15, -0.1) is 0 Å². The van der Waals surface area contributed by atoms with E-state index in [4.69, 9.17) is 0 Å². The van der Waals surface area contributed by atoms with Crippen molar-refractivity contribution in [2.75, 3.05) is 13.1 Å². The fourth-order valence-electron chi connectivity index (χ4n) is 3.79. The number of likely N-dealkylation sites (tertiary alicyclic amines) is 1. The van der Waals surface area contributed by atoms with Crippen LogP contribution in [0.5, 0.6) is 0 Å². The molecular weight excluding hydrogens is 372 g/mol. The highest BCUT2D eigenvalue weighted by Crippen LogP contribution is 2.22. The molecule has 1 saturated heterocycles. The molecule has 1 N–H and O–H groups in total. The van der Waals surface area contributed by atoms with E-state index < -0.39 is 11.6 Å². The summed E-state index contributed by atoms with van der Waals surface area (Å²) in [6.07, 6.45) is 6.50. The Morgan fingerprint density at radius 1 is 1.21 bits per heavy atom. The lowest BCUT2D eigenvalue weighted by Gasteiger charge is -2.32. The third-order valence-corrected chi connectivity index (χ3v) is 5.54. The summed E-state index contributed by atoms with van der Waals surface area (Å²) < 4.78 is 26.2. The molecule has 1 aromatic carbocycles. The molecule has 1 atom stereocenters. The van der Waals surface area contributed by atoms with Gasteiger partial charge in [-0.3, -0.25) is 14.7 Å². The van der Waals surface area contributed by atoms with E-state index in [1.807, 2.05) is 6.20 Å². The normalized spacial score (nSPS) is 17.3. The van der Waals surface area contributed by atoms with Crippen LogP contribution in [0.2, 0.25) is 0 Å². The minimum Gasteiger partial charge on any atom is -0.352 e. The summed E-state index contributed by atoms with van der Waals surface area (Å²) in [6, 6.07) is 7.93. The van der Waals surface area contributed by atoms with Gasteiger partial charge in [-0.25, -0.2) is 8.78 Å². The number of piperidine rings is 1. The number of carbonyl (C=O) groups excluding carboxylic acids is 1. The quantitative estimate of drug-likeness (QED) is 0.720. The van der Waals surface area contributed by atoms with Crippen molar-refractivity contribution in [3.63, 3.8) is 0 Å². The van der Waals surface area contributed by atoms with Crippen LogP contribution in [0.25, 0.3) is 0 Å². The minimum absolute atomic E-state index is 0.0522. The van der Waals surface area contributed by atoms with E-state index in [9.17, 15) is 13.6 Å². The zero-order chi connectivity index (χ0) is 20.6. The van der Waals surface area contributed by atoms with Crippen LogP contribution in [-0.2, 0) is 24.3 Å². The maximum atomic E-state index is 13.2. The van der Waals surface area contributed by atoms with E-state index in [2.05, 4.69) is 34.3 Å². The fourth-order valence-corrected chi connectivity index (χ4v) is 3.79. The van der Waals surface area contributed by atoms with Gasteiger partial charge in [0.2, 0.25) is 5.91 Å². The molecule has 0 aliphatic carbocycles. The first-order valence-corrected chi connectivity index (χ1v) is 10.4. The Hall–Kier alpha value is -2.34. The first-order chi connectivity index (χ1) is 14.0. The number of carbonyl (C=O) groups is 1. The second-order valence-corrected chi connectivity index (χ2v) is 7.82. The van der Waals surface area contributed by atoms with E-state index in [0.29, 0.717) is 17.9 Å². The van der Waals surface area contributed by atoms with Gasteiger partial charge in [0.25, 0.3) is 0 Å². The Labute approximate surface area is 171 Å². The second kappa shape index (κ2) is 10.4. The number of pyridine rings is 1. The molecule has 0 bridgehead atoms. The van der Waals surface area contributed by atoms with Gasteiger partial charge in [0.15, 0.2) is 11.6 Å². The van der Waals surface area contributed by atoms with Gasteiger partial charge in [-0.2, -0.15) is 0 Å². The van der Waals surface area contributed by atoms with Crippen LogP contribution in [0.4, 0.5) is 8.78 Å². The number of hydrogen-bond acceptors (Lipinski definition) is 3. The van der Waals surface area contributed by atoms with E-state index >= 15 is 0 Å². The maximum absolute atomic E-state index is 13.2. The molecule has 156 valence electrons. The number of nitrogens with zero attached hydrogens (tertiary/aromatic N) is 2. The highest BCUT2D eigenvalue weighted by atomic mass is 19.2. The number of aromatic nitrogens is 1. The molecule has 29 heavy (non-hydrogen) atoms.